The summed E-state index contributed by atoms with van der Waals surface area (Å²) in [5.41, 5.74) is 10.8. The van der Waals surface area contributed by atoms with Crippen molar-refractivity contribution < 1.29 is 0 Å². The second kappa shape index (κ2) is 9.52. The van der Waals surface area contributed by atoms with Gasteiger partial charge >= 0.3 is 0 Å². The lowest BCUT2D eigenvalue weighted by molar-refractivity contribution is 0.205. The summed E-state index contributed by atoms with van der Waals surface area (Å²) in [5.74, 6) is 3.56. The van der Waals surface area contributed by atoms with E-state index in [1.54, 1.807) is 0 Å². The summed E-state index contributed by atoms with van der Waals surface area (Å²) in [4.78, 5) is 0. The van der Waals surface area contributed by atoms with Gasteiger partial charge in [-0.2, -0.15) is 0 Å². The Bertz CT molecular complexity index is 145. The van der Waals surface area contributed by atoms with Gasteiger partial charge in [0.25, 0.3) is 0 Å². The van der Waals surface area contributed by atoms with Gasteiger partial charge in [-0.15, -0.1) is 24.8 Å². The van der Waals surface area contributed by atoms with E-state index in [0.29, 0.717) is 0 Å². The second-order valence-electron chi connectivity index (χ2n) is 5.10. The van der Waals surface area contributed by atoms with Gasteiger partial charge in [0.1, 0.15) is 0 Å². The molecule has 0 radical (unpaired) electrons. The summed E-state index contributed by atoms with van der Waals surface area (Å²) < 4.78 is 0. The van der Waals surface area contributed by atoms with Crippen molar-refractivity contribution in [1.29, 1.82) is 0 Å². The van der Waals surface area contributed by atoms with Crippen molar-refractivity contribution in [2.24, 2.45) is 35.1 Å². The maximum Gasteiger partial charge on any atom is -0.00463 e. The molecule has 2 rings (SSSR count). The standard InChI is InChI=1S/2C6H13N.2ClH/c2*1-5-2-3-6(5)4-7;;/h2*5-6H,2-4,7H2,1H3;2*1H/t2*5-,6+;;/m10../s1. The van der Waals surface area contributed by atoms with Gasteiger partial charge < -0.3 is 11.5 Å². The van der Waals surface area contributed by atoms with Gasteiger partial charge in [-0.1, -0.05) is 26.7 Å². The van der Waals surface area contributed by atoms with E-state index in [4.69, 9.17) is 11.5 Å². The molecule has 2 nitrogen and oxygen atoms in total. The molecule has 0 aromatic rings. The zero-order valence-corrected chi connectivity index (χ0v) is 12.2. The van der Waals surface area contributed by atoms with Gasteiger partial charge in [0.2, 0.25) is 0 Å². The molecular weight excluding hydrogens is 243 g/mol. The van der Waals surface area contributed by atoms with Crippen LogP contribution in [0.4, 0.5) is 0 Å². The summed E-state index contributed by atoms with van der Waals surface area (Å²) in [7, 11) is 0. The number of hydrogen-bond acceptors (Lipinski definition) is 2. The lowest BCUT2D eigenvalue weighted by atomic mass is 9.75. The Morgan fingerprint density at radius 1 is 0.750 bits per heavy atom. The first-order valence-corrected chi connectivity index (χ1v) is 6.09. The van der Waals surface area contributed by atoms with Gasteiger partial charge in [0.15, 0.2) is 0 Å². The highest BCUT2D eigenvalue weighted by molar-refractivity contribution is 5.85. The van der Waals surface area contributed by atoms with E-state index in [9.17, 15) is 0 Å². The molecule has 0 spiro atoms. The lowest BCUT2D eigenvalue weighted by Crippen LogP contribution is -2.29. The molecule has 0 aromatic carbocycles. The zero-order valence-electron chi connectivity index (χ0n) is 10.5. The van der Waals surface area contributed by atoms with Crippen LogP contribution in [0.5, 0.6) is 0 Å². The van der Waals surface area contributed by atoms with Crippen LogP contribution in [-0.2, 0) is 0 Å². The lowest BCUT2D eigenvalue weighted by Gasteiger charge is -2.32. The van der Waals surface area contributed by atoms with Crippen LogP contribution in [-0.4, -0.2) is 13.1 Å². The van der Waals surface area contributed by atoms with Crippen LogP contribution in [0.1, 0.15) is 39.5 Å². The van der Waals surface area contributed by atoms with E-state index >= 15 is 0 Å². The van der Waals surface area contributed by atoms with Gasteiger partial charge in [0, 0.05) is 0 Å². The van der Waals surface area contributed by atoms with Crippen molar-refractivity contribution in [1.82, 2.24) is 0 Å². The number of nitrogens with two attached hydrogens (primary N) is 2. The molecule has 4 heteroatoms. The van der Waals surface area contributed by atoms with E-state index in [2.05, 4.69) is 13.8 Å². The average molecular weight is 271 g/mol. The molecule has 4 atom stereocenters. The minimum Gasteiger partial charge on any atom is -0.330 e. The minimum atomic E-state index is 0. The zero-order chi connectivity index (χ0) is 10.6. The first-order valence-electron chi connectivity index (χ1n) is 6.09. The van der Waals surface area contributed by atoms with Crippen LogP contribution in [0, 0.1) is 23.7 Å². The fourth-order valence-corrected chi connectivity index (χ4v) is 2.17. The van der Waals surface area contributed by atoms with Gasteiger partial charge in [-0.25, -0.2) is 0 Å². The van der Waals surface area contributed by atoms with Crippen LogP contribution in [0.2, 0.25) is 0 Å². The Hall–Kier alpha value is 0.500. The number of hydrogen-bond donors (Lipinski definition) is 2. The molecule has 2 saturated carbocycles. The highest BCUT2D eigenvalue weighted by atomic mass is 35.5. The average Bonchev–Trinajstić information content (AvgIpc) is 2.16. The van der Waals surface area contributed by atoms with Crippen LogP contribution in [0.3, 0.4) is 0 Å². The van der Waals surface area contributed by atoms with E-state index in [0.717, 1.165) is 36.8 Å². The third-order valence-corrected chi connectivity index (χ3v) is 4.20. The van der Waals surface area contributed by atoms with Gasteiger partial charge in [-0.05, 0) is 49.6 Å². The van der Waals surface area contributed by atoms with Crippen molar-refractivity contribution >= 4 is 24.8 Å². The summed E-state index contributed by atoms with van der Waals surface area (Å²) >= 11 is 0. The predicted molar refractivity (Wildman–Crippen MR) is 76.4 cm³/mol. The van der Waals surface area contributed by atoms with Crippen molar-refractivity contribution in [2.75, 3.05) is 13.1 Å². The molecule has 0 heterocycles. The van der Waals surface area contributed by atoms with Crippen molar-refractivity contribution in [2.45, 2.75) is 39.5 Å². The van der Waals surface area contributed by atoms with E-state index in [1.165, 1.54) is 25.7 Å². The fraction of sp³-hybridized carbons (Fsp3) is 1.00. The number of rotatable bonds is 2. The van der Waals surface area contributed by atoms with Crippen molar-refractivity contribution in [3.8, 4) is 0 Å². The molecule has 2 aliphatic rings. The van der Waals surface area contributed by atoms with Gasteiger partial charge in [-0.3, -0.25) is 0 Å². The Morgan fingerprint density at radius 2 is 1.06 bits per heavy atom. The summed E-state index contributed by atoms with van der Waals surface area (Å²) in [6, 6.07) is 0. The molecule has 0 unspecified atom stereocenters. The Morgan fingerprint density at radius 3 is 1.06 bits per heavy atom. The largest absolute Gasteiger partial charge is 0.330 e. The van der Waals surface area contributed by atoms with Crippen molar-refractivity contribution in [3.63, 3.8) is 0 Å². The Balaban J connectivity index is 0. The minimum absolute atomic E-state index is 0. The maximum absolute atomic E-state index is 5.42. The van der Waals surface area contributed by atoms with Crippen LogP contribution in [0.25, 0.3) is 0 Å². The molecule has 0 bridgehead atoms. The third kappa shape index (κ3) is 5.22. The maximum atomic E-state index is 5.42. The second-order valence-corrected chi connectivity index (χ2v) is 5.10. The SMILES string of the molecule is C[C@@H]1CC[C@H]1CN.C[C@H]1CC[C@@H]1CN.Cl.Cl. The predicted octanol–water partition coefficient (Wildman–Crippen LogP) is 2.83. The molecule has 0 aromatic heterocycles. The van der Waals surface area contributed by atoms with Crippen LogP contribution >= 0.6 is 24.8 Å². The molecule has 0 saturated heterocycles. The Labute approximate surface area is 113 Å². The van der Waals surface area contributed by atoms with E-state index in [1.807, 2.05) is 0 Å². The fourth-order valence-electron chi connectivity index (χ4n) is 2.17. The summed E-state index contributed by atoms with van der Waals surface area (Å²) in [6.45, 7) is 6.37. The first kappa shape index (κ1) is 18.9. The normalized spacial score (nSPS) is 35.2. The molecule has 2 fully saturated rings. The van der Waals surface area contributed by atoms with E-state index in [-0.39, 0.29) is 24.8 Å². The summed E-state index contributed by atoms with van der Waals surface area (Å²) in [6.07, 6.45) is 5.55. The molecule has 0 aliphatic heterocycles. The molecule has 16 heavy (non-hydrogen) atoms. The molecule has 2 aliphatic carbocycles. The quantitative estimate of drug-likeness (QED) is 0.811. The highest BCUT2D eigenvalue weighted by Gasteiger charge is 2.24. The van der Waals surface area contributed by atoms with E-state index < -0.39 is 0 Å². The topological polar surface area (TPSA) is 52.0 Å². The third-order valence-electron chi connectivity index (χ3n) is 4.20. The summed E-state index contributed by atoms with van der Waals surface area (Å²) in [5, 5.41) is 0. The first-order chi connectivity index (χ1) is 6.69. The van der Waals surface area contributed by atoms with Crippen LogP contribution < -0.4 is 11.5 Å². The molecule has 100 valence electrons. The molecule has 4 N–H and O–H groups in total. The van der Waals surface area contributed by atoms with Crippen LogP contribution in [0.15, 0.2) is 0 Å². The number of halogens is 2. The monoisotopic (exact) mass is 270 g/mol. The molecule has 0 amide bonds. The van der Waals surface area contributed by atoms with Crippen molar-refractivity contribution in [3.05, 3.63) is 0 Å². The smallest absolute Gasteiger partial charge is 0.00463 e. The Kier molecular flexibility index (Phi) is 11.2. The highest BCUT2D eigenvalue weighted by Crippen LogP contribution is 2.32. The van der Waals surface area contributed by atoms with Gasteiger partial charge in [0.05, 0.1) is 0 Å². The molecular formula is C12H28Cl2N2.